The smallest absolute Gasteiger partial charge is 0.331 e. The SMILES string of the molecule is Cn1c(=O)ccn(CC(=O)N2CCN(c3ccc(F)cc3)CC2)c1=O. The quantitative estimate of drug-likeness (QED) is 0.787. The molecule has 1 aliphatic rings. The molecule has 0 N–H and O–H groups in total. The largest absolute Gasteiger partial charge is 0.368 e. The molecule has 1 amide bonds. The van der Waals surface area contributed by atoms with Gasteiger partial charge in [-0.05, 0) is 24.3 Å². The Bertz CT molecular complexity index is 880. The summed E-state index contributed by atoms with van der Waals surface area (Å²) in [5.41, 5.74) is 0.00943. The summed E-state index contributed by atoms with van der Waals surface area (Å²) in [6.07, 6.45) is 1.34. The number of piperazine rings is 1. The molecule has 132 valence electrons. The molecule has 1 aromatic carbocycles. The van der Waals surface area contributed by atoms with Gasteiger partial charge in [0.15, 0.2) is 0 Å². The number of benzene rings is 1. The van der Waals surface area contributed by atoms with E-state index in [1.54, 1.807) is 17.0 Å². The van der Waals surface area contributed by atoms with Crippen LogP contribution in [0.5, 0.6) is 0 Å². The molecular formula is C17H19FN4O3. The molecule has 3 rings (SSSR count). The van der Waals surface area contributed by atoms with Crippen molar-refractivity contribution < 1.29 is 9.18 Å². The fraction of sp³-hybridized carbons (Fsp3) is 0.353. The van der Waals surface area contributed by atoms with Gasteiger partial charge in [-0.3, -0.25) is 18.7 Å². The van der Waals surface area contributed by atoms with E-state index in [0.29, 0.717) is 26.2 Å². The van der Waals surface area contributed by atoms with Crippen LogP contribution in [0.2, 0.25) is 0 Å². The van der Waals surface area contributed by atoms with Crippen LogP contribution in [0.3, 0.4) is 0 Å². The topological polar surface area (TPSA) is 67.6 Å². The first kappa shape index (κ1) is 16.9. The first-order chi connectivity index (χ1) is 12.0. The molecular weight excluding hydrogens is 327 g/mol. The zero-order valence-corrected chi connectivity index (χ0v) is 13.9. The molecule has 0 radical (unpaired) electrons. The highest BCUT2D eigenvalue weighted by Crippen LogP contribution is 2.17. The summed E-state index contributed by atoms with van der Waals surface area (Å²) < 4.78 is 15.2. The van der Waals surface area contributed by atoms with Gasteiger partial charge in [0, 0.05) is 51.2 Å². The second-order valence-electron chi connectivity index (χ2n) is 5.97. The number of nitrogens with zero attached hydrogens (tertiary/aromatic N) is 4. The zero-order valence-electron chi connectivity index (χ0n) is 13.9. The van der Waals surface area contributed by atoms with Crippen LogP contribution in [-0.2, 0) is 18.4 Å². The van der Waals surface area contributed by atoms with Gasteiger partial charge in [-0.1, -0.05) is 0 Å². The van der Waals surface area contributed by atoms with Gasteiger partial charge in [-0.2, -0.15) is 0 Å². The van der Waals surface area contributed by atoms with Gasteiger partial charge >= 0.3 is 5.69 Å². The lowest BCUT2D eigenvalue weighted by molar-refractivity contribution is -0.132. The van der Waals surface area contributed by atoms with E-state index in [9.17, 15) is 18.8 Å². The van der Waals surface area contributed by atoms with Crippen LogP contribution in [0.25, 0.3) is 0 Å². The standard InChI is InChI=1S/C17H19FN4O3/c1-19-15(23)6-7-22(17(19)25)12-16(24)21-10-8-20(9-11-21)14-4-2-13(18)3-5-14/h2-7H,8-12H2,1H3. The van der Waals surface area contributed by atoms with Crippen molar-refractivity contribution in [3.63, 3.8) is 0 Å². The number of aromatic nitrogens is 2. The Morgan fingerprint density at radius 1 is 1.04 bits per heavy atom. The van der Waals surface area contributed by atoms with E-state index >= 15 is 0 Å². The van der Waals surface area contributed by atoms with Gasteiger partial charge in [0.05, 0.1) is 0 Å². The number of anilines is 1. The Labute approximate surface area is 143 Å². The minimum Gasteiger partial charge on any atom is -0.368 e. The van der Waals surface area contributed by atoms with Crippen LogP contribution in [0.1, 0.15) is 0 Å². The lowest BCUT2D eigenvalue weighted by Gasteiger charge is -2.36. The van der Waals surface area contributed by atoms with E-state index in [0.717, 1.165) is 10.3 Å². The maximum absolute atomic E-state index is 13.0. The van der Waals surface area contributed by atoms with Gasteiger partial charge in [0.1, 0.15) is 12.4 Å². The molecule has 1 saturated heterocycles. The highest BCUT2D eigenvalue weighted by atomic mass is 19.1. The van der Waals surface area contributed by atoms with Gasteiger partial charge < -0.3 is 9.80 Å². The zero-order chi connectivity index (χ0) is 18.0. The van der Waals surface area contributed by atoms with E-state index < -0.39 is 11.2 Å². The number of carbonyl (C=O) groups is 1. The van der Waals surface area contributed by atoms with Crippen LogP contribution >= 0.6 is 0 Å². The second kappa shape index (κ2) is 6.92. The molecule has 0 bridgehead atoms. The Kier molecular flexibility index (Phi) is 4.69. The minimum atomic E-state index is -0.509. The number of hydrogen-bond donors (Lipinski definition) is 0. The summed E-state index contributed by atoms with van der Waals surface area (Å²) in [7, 11) is 1.38. The van der Waals surface area contributed by atoms with E-state index in [4.69, 9.17) is 0 Å². The van der Waals surface area contributed by atoms with Gasteiger partial charge in [0.25, 0.3) is 5.56 Å². The van der Waals surface area contributed by atoms with Crippen LogP contribution in [-0.4, -0.2) is 46.1 Å². The summed E-state index contributed by atoms with van der Waals surface area (Å²) in [6.45, 7) is 2.23. The minimum absolute atomic E-state index is 0.0937. The van der Waals surface area contributed by atoms with Crippen LogP contribution in [0.4, 0.5) is 10.1 Å². The van der Waals surface area contributed by atoms with Gasteiger partial charge in [-0.25, -0.2) is 9.18 Å². The van der Waals surface area contributed by atoms with Crippen LogP contribution in [0, 0.1) is 5.82 Å². The fourth-order valence-electron chi connectivity index (χ4n) is 2.85. The van der Waals surface area contributed by atoms with Gasteiger partial charge in [0.2, 0.25) is 5.91 Å². The maximum atomic E-state index is 13.0. The molecule has 1 aliphatic heterocycles. The highest BCUT2D eigenvalue weighted by Gasteiger charge is 2.22. The average molecular weight is 346 g/mol. The van der Waals surface area contributed by atoms with Crippen molar-refractivity contribution in [3.8, 4) is 0 Å². The molecule has 8 heteroatoms. The van der Waals surface area contributed by atoms with E-state index in [2.05, 4.69) is 4.90 Å². The number of carbonyl (C=O) groups excluding carboxylic acids is 1. The third kappa shape index (κ3) is 3.62. The number of halogens is 1. The third-order valence-corrected chi connectivity index (χ3v) is 4.39. The normalized spacial score (nSPS) is 14.6. The van der Waals surface area contributed by atoms with Crippen molar-refractivity contribution in [2.75, 3.05) is 31.1 Å². The molecule has 0 saturated carbocycles. The lowest BCUT2D eigenvalue weighted by atomic mass is 10.2. The van der Waals surface area contributed by atoms with Gasteiger partial charge in [-0.15, -0.1) is 0 Å². The first-order valence-corrected chi connectivity index (χ1v) is 8.00. The first-order valence-electron chi connectivity index (χ1n) is 8.00. The molecule has 0 unspecified atom stereocenters. The predicted molar refractivity (Wildman–Crippen MR) is 91.1 cm³/mol. The molecule has 1 aromatic heterocycles. The Morgan fingerprint density at radius 2 is 1.68 bits per heavy atom. The van der Waals surface area contributed by atoms with Crippen LogP contribution in [0.15, 0.2) is 46.1 Å². The Balaban J connectivity index is 1.62. The highest BCUT2D eigenvalue weighted by molar-refractivity contribution is 5.76. The molecule has 7 nitrogen and oxygen atoms in total. The number of amides is 1. The lowest BCUT2D eigenvalue weighted by Crippen LogP contribution is -2.50. The van der Waals surface area contributed by atoms with E-state index in [1.807, 2.05) is 0 Å². The van der Waals surface area contributed by atoms with Crippen molar-refractivity contribution in [3.05, 3.63) is 63.2 Å². The van der Waals surface area contributed by atoms with Crippen molar-refractivity contribution in [1.82, 2.24) is 14.0 Å². The summed E-state index contributed by atoms with van der Waals surface area (Å²) in [5.74, 6) is -0.445. The molecule has 0 spiro atoms. The molecule has 1 fully saturated rings. The van der Waals surface area contributed by atoms with E-state index in [-0.39, 0.29) is 18.3 Å². The van der Waals surface area contributed by atoms with Crippen molar-refractivity contribution in [2.24, 2.45) is 7.05 Å². The Morgan fingerprint density at radius 3 is 2.32 bits per heavy atom. The summed E-state index contributed by atoms with van der Waals surface area (Å²) in [5, 5.41) is 0. The number of hydrogen-bond acceptors (Lipinski definition) is 4. The fourth-order valence-corrected chi connectivity index (χ4v) is 2.85. The number of rotatable bonds is 3. The van der Waals surface area contributed by atoms with Crippen molar-refractivity contribution in [2.45, 2.75) is 6.54 Å². The summed E-state index contributed by atoms with van der Waals surface area (Å²) in [6, 6.07) is 7.53. The van der Waals surface area contributed by atoms with Crippen molar-refractivity contribution in [1.29, 1.82) is 0 Å². The maximum Gasteiger partial charge on any atom is 0.331 e. The molecule has 0 atom stereocenters. The Hall–Kier alpha value is -2.90. The molecule has 2 aromatic rings. The molecule has 2 heterocycles. The summed E-state index contributed by atoms with van der Waals surface area (Å²) in [4.78, 5) is 39.6. The predicted octanol–water partition coefficient (Wildman–Crippen LogP) is 0.0349. The van der Waals surface area contributed by atoms with Crippen molar-refractivity contribution >= 4 is 11.6 Å². The monoisotopic (exact) mass is 346 g/mol. The second-order valence-corrected chi connectivity index (χ2v) is 5.97. The third-order valence-electron chi connectivity index (χ3n) is 4.39. The average Bonchev–Trinajstić information content (AvgIpc) is 2.63. The summed E-state index contributed by atoms with van der Waals surface area (Å²) >= 11 is 0. The molecule has 0 aliphatic carbocycles. The molecule has 25 heavy (non-hydrogen) atoms. The van der Waals surface area contributed by atoms with Crippen LogP contribution < -0.4 is 16.1 Å². The van der Waals surface area contributed by atoms with E-state index in [1.165, 1.54) is 36.0 Å².